The van der Waals surface area contributed by atoms with Gasteiger partial charge in [-0.25, -0.2) is 4.39 Å². The number of amides is 1. The number of carbonyl (C=O) groups excluding carboxylic acids is 1. The quantitative estimate of drug-likeness (QED) is 0.772. The highest BCUT2D eigenvalue weighted by Crippen LogP contribution is 2.17. The van der Waals surface area contributed by atoms with Crippen LogP contribution in [-0.2, 0) is 4.79 Å². The van der Waals surface area contributed by atoms with Crippen LogP contribution in [0, 0.1) is 12.7 Å². The zero-order chi connectivity index (χ0) is 10.8. The van der Waals surface area contributed by atoms with E-state index in [-0.39, 0.29) is 17.8 Å². The second-order valence-corrected chi connectivity index (χ2v) is 3.76. The maximum atomic E-state index is 13.4. The van der Waals surface area contributed by atoms with E-state index in [0.717, 1.165) is 5.56 Å². The Kier molecular flexibility index (Phi) is 2.58. The van der Waals surface area contributed by atoms with Gasteiger partial charge in [-0.1, -0.05) is 6.07 Å². The normalized spacial score (nSPS) is 20.1. The van der Waals surface area contributed by atoms with Crippen molar-refractivity contribution < 1.29 is 9.18 Å². The number of rotatable bonds is 2. The SMILES string of the molecule is Cc1ccc(N[C@H]2CCNC2=O)c(F)c1. The van der Waals surface area contributed by atoms with Crippen LogP contribution < -0.4 is 10.6 Å². The molecule has 80 valence electrons. The zero-order valence-electron chi connectivity index (χ0n) is 8.51. The number of halogens is 1. The van der Waals surface area contributed by atoms with Gasteiger partial charge in [0.05, 0.1) is 5.69 Å². The third-order valence-electron chi connectivity index (χ3n) is 2.50. The summed E-state index contributed by atoms with van der Waals surface area (Å²) in [6, 6.07) is 4.63. The Labute approximate surface area is 87.7 Å². The van der Waals surface area contributed by atoms with Crippen LogP contribution in [0.2, 0.25) is 0 Å². The summed E-state index contributed by atoms with van der Waals surface area (Å²) < 4.78 is 13.4. The molecule has 1 atom stereocenters. The molecule has 15 heavy (non-hydrogen) atoms. The molecule has 1 saturated heterocycles. The molecule has 0 spiro atoms. The van der Waals surface area contributed by atoms with Crippen molar-refractivity contribution in [1.29, 1.82) is 0 Å². The van der Waals surface area contributed by atoms with Crippen molar-refractivity contribution in [1.82, 2.24) is 5.32 Å². The van der Waals surface area contributed by atoms with Crippen molar-refractivity contribution in [2.75, 3.05) is 11.9 Å². The monoisotopic (exact) mass is 208 g/mol. The smallest absolute Gasteiger partial charge is 0.242 e. The molecule has 4 heteroatoms. The highest BCUT2D eigenvalue weighted by Gasteiger charge is 2.24. The molecule has 1 aromatic rings. The molecule has 1 aliphatic heterocycles. The van der Waals surface area contributed by atoms with E-state index in [9.17, 15) is 9.18 Å². The maximum Gasteiger partial charge on any atom is 0.242 e. The average molecular weight is 208 g/mol. The summed E-state index contributed by atoms with van der Waals surface area (Å²) in [5.74, 6) is -0.371. The molecule has 2 rings (SSSR count). The molecule has 1 aromatic carbocycles. The summed E-state index contributed by atoms with van der Waals surface area (Å²) in [7, 11) is 0. The third kappa shape index (κ3) is 2.09. The Morgan fingerprint density at radius 1 is 1.53 bits per heavy atom. The van der Waals surface area contributed by atoms with Crippen molar-refractivity contribution in [3.05, 3.63) is 29.6 Å². The van der Waals surface area contributed by atoms with Gasteiger partial charge < -0.3 is 10.6 Å². The number of anilines is 1. The molecule has 1 aliphatic rings. The minimum atomic E-state index is -0.310. The number of aryl methyl sites for hydroxylation is 1. The highest BCUT2D eigenvalue weighted by molar-refractivity contribution is 5.86. The van der Waals surface area contributed by atoms with Crippen LogP contribution >= 0.6 is 0 Å². The Morgan fingerprint density at radius 3 is 2.93 bits per heavy atom. The van der Waals surface area contributed by atoms with Crippen LogP contribution in [0.1, 0.15) is 12.0 Å². The van der Waals surface area contributed by atoms with Gasteiger partial charge in [0.2, 0.25) is 5.91 Å². The Balaban J connectivity index is 2.13. The van der Waals surface area contributed by atoms with Crippen LogP contribution in [0.15, 0.2) is 18.2 Å². The molecule has 0 saturated carbocycles. The summed E-state index contributed by atoms with van der Waals surface area (Å²) in [6.45, 7) is 2.49. The van der Waals surface area contributed by atoms with Crippen molar-refractivity contribution in [3.63, 3.8) is 0 Å². The lowest BCUT2D eigenvalue weighted by Gasteiger charge is -2.12. The second-order valence-electron chi connectivity index (χ2n) is 3.76. The number of hydrogen-bond donors (Lipinski definition) is 2. The first-order valence-corrected chi connectivity index (χ1v) is 4.97. The molecule has 3 nitrogen and oxygen atoms in total. The standard InChI is InChI=1S/C11H13FN2O/c1-7-2-3-9(8(12)6-7)14-10-4-5-13-11(10)15/h2-3,6,10,14H,4-5H2,1H3,(H,13,15)/t10-/m0/s1. The Morgan fingerprint density at radius 2 is 2.33 bits per heavy atom. The van der Waals surface area contributed by atoms with Crippen LogP contribution in [0.3, 0.4) is 0 Å². The fraction of sp³-hybridized carbons (Fsp3) is 0.364. The van der Waals surface area contributed by atoms with E-state index in [2.05, 4.69) is 10.6 Å². The third-order valence-corrected chi connectivity index (χ3v) is 2.50. The van der Waals surface area contributed by atoms with Gasteiger partial charge >= 0.3 is 0 Å². The van der Waals surface area contributed by atoms with E-state index in [0.29, 0.717) is 18.7 Å². The van der Waals surface area contributed by atoms with Crippen molar-refractivity contribution in [2.24, 2.45) is 0 Å². The number of benzene rings is 1. The molecule has 1 amide bonds. The predicted molar refractivity (Wildman–Crippen MR) is 56.2 cm³/mol. The maximum absolute atomic E-state index is 13.4. The van der Waals surface area contributed by atoms with Crippen molar-refractivity contribution >= 4 is 11.6 Å². The molecule has 1 fully saturated rings. The lowest BCUT2D eigenvalue weighted by Crippen LogP contribution is -2.29. The van der Waals surface area contributed by atoms with Crippen molar-refractivity contribution in [3.8, 4) is 0 Å². The molecule has 0 unspecified atom stereocenters. The predicted octanol–water partition coefficient (Wildman–Crippen LogP) is 1.43. The number of nitrogens with one attached hydrogen (secondary N) is 2. The Bertz CT molecular complexity index is 392. The van der Waals surface area contributed by atoms with Crippen LogP contribution in [0.4, 0.5) is 10.1 Å². The average Bonchev–Trinajstić information content (AvgIpc) is 2.57. The number of hydrogen-bond acceptors (Lipinski definition) is 2. The lowest BCUT2D eigenvalue weighted by atomic mass is 10.2. The van der Waals surface area contributed by atoms with Gasteiger partial charge in [-0.3, -0.25) is 4.79 Å². The molecule has 0 aromatic heterocycles. The van der Waals surface area contributed by atoms with Gasteiger partial charge in [0, 0.05) is 6.54 Å². The van der Waals surface area contributed by atoms with E-state index >= 15 is 0 Å². The number of carbonyl (C=O) groups is 1. The van der Waals surface area contributed by atoms with Gasteiger partial charge in [0.15, 0.2) is 0 Å². The van der Waals surface area contributed by atoms with Gasteiger partial charge in [-0.2, -0.15) is 0 Å². The van der Waals surface area contributed by atoms with E-state index in [1.54, 1.807) is 6.07 Å². The zero-order valence-corrected chi connectivity index (χ0v) is 8.51. The molecule has 2 N–H and O–H groups in total. The summed E-state index contributed by atoms with van der Waals surface area (Å²) in [6.07, 6.45) is 0.701. The first-order valence-electron chi connectivity index (χ1n) is 4.97. The molecular weight excluding hydrogens is 195 g/mol. The molecule has 1 heterocycles. The van der Waals surface area contributed by atoms with Crippen LogP contribution in [0.5, 0.6) is 0 Å². The van der Waals surface area contributed by atoms with E-state index in [1.807, 2.05) is 13.0 Å². The summed E-state index contributed by atoms with van der Waals surface area (Å²) in [5.41, 5.74) is 1.26. The topological polar surface area (TPSA) is 41.1 Å². The van der Waals surface area contributed by atoms with Gasteiger partial charge in [-0.15, -0.1) is 0 Å². The first kappa shape index (κ1) is 9.96. The summed E-state index contributed by atoms with van der Waals surface area (Å²) in [5, 5.41) is 5.60. The van der Waals surface area contributed by atoms with Gasteiger partial charge in [0.1, 0.15) is 11.9 Å². The van der Waals surface area contributed by atoms with Gasteiger partial charge in [0.25, 0.3) is 0 Å². The Hall–Kier alpha value is -1.58. The molecule has 0 bridgehead atoms. The summed E-state index contributed by atoms with van der Waals surface area (Å²) in [4.78, 5) is 11.3. The first-order chi connectivity index (χ1) is 7.16. The van der Waals surface area contributed by atoms with E-state index in [1.165, 1.54) is 6.07 Å². The summed E-state index contributed by atoms with van der Waals surface area (Å²) >= 11 is 0. The fourth-order valence-electron chi connectivity index (χ4n) is 1.66. The van der Waals surface area contributed by atoms with Crippen LogP contribution in [-0.4, -0.2) is 18.5 Å². The largest absolute Gasteiger partial charge is 0.371 e. The molecular formula is C11H13FN2O. The van der Waals surface area contributed by atoms with Crippen LogP contribution in [0.25, 0.3) is 0 Å². The van der Waals surface area contributed by atoms with Crippen molar-refractivity contribution in [2.45, 2.75) is 19.4 Å². The minimum absolute atomic E-state index is 0.0602. The van der Waals surface area contributed by atoms with E-state index in [4.69, 9.17) is 0 Å². The molecule has 0 aliphatic carbocycles. The lowest BCUT2D eigenvalue weighted by molar-refractivity contribution is -0.119. The minimum Gasteiger partial charge on any atom is -0.371 e. The second kappa shape index (κ2) is 3.88. The van der Waals surface area contributed by atoms with Gasteiger partial charge in [-0.05, 0) is 31.0 Å². The van der Waals surface area contributed by atoms with E-state index < -0.39 is 0 Å². The fourth-order valence-corrected chi connectivity index (χ4v) is 1.66. The highest BCUT2D eigenvalue weighted by atomic mass is 19.1. The molecule has 0 radical (unpaired) electrons.